The first-order chi connectivity index (χ1) is 7.21. The van der Waals surface area contributed by atoms with Gasteiger partial charge in [0.25, 0.3) is 0 Å². The van der Waals surface area contributed by atoms with Crippen molar-refractivity contribution in [1.29, 1.82) is 0 Å². The van der Waals surface area contributed by atoms with Crippen LogP contribution in [0.4, 0.5) is 0 Å². The third-order valence-corrected chi connectivity index (χ3v) is 39.9. The Balaban J connectivity index is 2.65. The fraction of sp³-hybridized carbons (Fsp3) is 0.143. The van der Waals surface area contributed by atoms with Gasteiger partial charge < -0.3 is 0 Å². The van der Waals surface area contributed by atoms with Gasteiger partial charge in [0.1, 0.15) is 0 Å². The van der Waals surface area contributed by atoms with Crippen LogP contribution in [0, 0.1) is 0 Å². The zero-order chi connectivity index (χ0) is 12.1. The van der Waals surface area contributed by atoms with Crippen LogP contribution < -0.4 is 0 Å². The summed E-state index contributed by atoms with van der Waals surface area (Å²) in [6.07, 6.45) is 0. The minimum atomic E-state index is -4.11. The van der Waals surface area contributed by atoms with Gasteiger partial charge in [0.05, 0.1) is 0 Å². The molecule has 0 bridgehead atoms. The normalized spacial score (nSPS) is 34.6. The molecule has 93 valence electrons. The first kappa shape index (κ1) is 15.1. The second kappa shape index (κ2) is 4.33. The Bertz CT molecular complexity index is 436. The Morgan fingerprint density at radius 2 is 1.81 bits per heavy atom. The van der Waals surface area contributed by atoms with E-state index in [2.05, 4.69) is 14.9 Å². The van der Waals surface area contributed by atoms with Gasteiger partial charge in [0.15, 0.2) is 0 Å². The summed E-state index contributed by atoms with van der Waals surface area (Å²) in [6.45, 7) is 0. The molecule has 0 aromatic carbocycles. The van der Waals surface area contributed by atoms with Crippen LogP contribution in [0.25, 0.3) is 0 Å². The van der Waals surface area contributed by atoms with E-state index >= 15 is 0 Å². The van der Waals surface area contributed by atoms with E-state index in [1.165, 1.54) is 6.74 Å². The number of thiol groups is 4. The third kappa shape index (κ3) is 2.47. The molecule has 1 radical (unpaired) electrons. The second-order valence-electron chi connectivity index (χ2n) is 3.19. The summed E-state index contributed by atoms with van der Waals surface area (Å²) in [5.41, 5.74) is 0. The van der Waals surface area contributed by atoms with Gasteiger partial charge in [-0.05, 0) is 0 Å². The molecule has 0 aromatic heterocycles. The number of rotatable bonds is 1. The minimum absolute atomic E-state index is 0.420. The van der Waals surface area contributed by atoms with Crippen LogP contribution in [0.2, 0.25) is 0 Å². The van der Waals surface area contributed by atoms with Crippen LogP contribution >= 0.6 is 44.2 Å². The van der Waals surface area contributed by atoms with Crippen LogP contribution in [-0.2, 0) is 3.82 Å². The fourth-order valence-corrected chi connectivity index (χ4v) is 57.4. The van der Waals surface area contributed by atoms with Crippen LogP contribution in [-0.4, -0.2) is 57.5 Å². The van der Waals surface area contributed by atoms with Gasteiger partial charge >= 0.3 is 132 Å². The Kier molecular flexibility index (Phi) is 4.07. The van der Waals surface area contributed by atoms with E-state index in [0.717, 1.165) is 0 Å². The van der Waals surface area contributed by atoms with E-state index in [-0.39, 0.29) is 0 Å². The van der Waals surface area contributed by atoms with Crippen molar-refractivity contribution in [1.82, 2.24) is 0 Å². The summed E-state index contributed by atoms with van der Waals surface area (Å²) < 4.78 is 8.48. The van der Waals surface area contributed by atoms with E-state index in [4.69, 9.17) is 48.0 Å². The van der Waals surface area contributed by atoms with Crippen LogP contribution in [0.15, 0.2) is 26.6 Å². The Labute approximate surface area is 130 Å². The van der Waals surface area contributed by atoms with E-state index < -0.39 is 20.5 Å². The molecule has 1 nitrogen and oxygen atoms in total. The summed E-state index contributed by atoms with van der Waals surface area (Å²) in [6, 6.07) is 0. The second-order valence-corrected chi connectivity index (χ2v) is 40.9. The molecular formula is C7H11OS4Se4. The number of hydrogen-bond acceptors (Lipinski definition) is 5. The van der Waals surface area contributed by atoms with Crippen LogP contribution in [0.1, 0.15) is 0 Å². The van der Waals surface area contributed by atoms with Gasteiger partial charge in [-0.15, -0.1) is 0 Å². The molecule has 0 unspecified atom stereocenters. The molecule has 0 aliphatic carbocycles. The molecule has 0 atom stereocenters. The molecule has 0 saturated carbocycles. The van der Waals surface area contributed by atoms with Crippen molar-refractivity contribution in [2.24, 2.45) is 0 Å². The molecule has 9 heteroatoms. The van der Waals surface area contributed by atoms with E-state index in [1.54, 1.807) is 7.11 Å². The van der Waals surface area contributed by atoms with Crippen LogP contribution in [0.5, 0.6) is 0 Å². The Hall–Kier alpha value is 2.66. The fourth-order valence-electron chi connectivity index (χ4n) is 1.21. The summed E-state index contributed by atoms with van der Waals surface area (Å²) >= 11 is 18.8. The van der Waals surface area contributed by atoms with Crippen molar-refractivity contribution in [3.63, 3.8) is 0 Å². The molecule has 0 saturated heterocycles. The van der Waals surface area contributed by atoms with Crippen molar-refractivity contribution >= 4 is 94.6 Å². The standard InChI is InChI=1S/C7H11OS4Se4/c1-8-16(10,11,12)5-4-15(9)7(16)6-13-2-3-14-6/h2-5,9-12H,1H3. The van der Waals surface area contributed by atoms with Gasteiger partial charge in [0, 0.05) is 0 Å². The molecule has 0 fully saturated rings. The Morgan fingerprint density at radius 3 is 2.31 bits per heavy atom. The summed E-state index contributed by atoms with van der Waals surface area (Å²) in [7, 11) is -2.45. The summed E-state index contributed by atoms with van der Waals surface area (Å²) in [5.74, 6) is 0. The van der Waals surface area contributed by atoms with E-state index in [1.807, 2.05) is 4.97 Å². The average molecular weight is 555 g/mol. The first-order valence-corrected chi connectivity index (χ1v) is 22.7. The maximum atomic E-state index is 5.76. The van der Waals surface area contributed by atoms with Crippen molar-refractivity contribution in [2.45, 2.75) is 0 Å². The Morgan fingerprint density at radius 1 is 1.25 bits per heavy atom. The van der Waals surface area contributed by atoms with Crippen molar-refractivity contribution in [3.05, 3.63) is 26.6 Å². The predicted molar refractivity (Wildman–Crippen MR) is 91.3 cm³/mol. The summed E-state index contributed by atoms with van der Waals surface area (Å²) in [4.78, 5) is 8.64. The van der Waals surface area contributed by atoms with Crippen molar-refractivity contribution < 1.29 is 3.82 Å². The monoisotopic (exact) mass is 559 g/mol. The van der Waals surface area contributed by atoms with Gasteiger partial charge in [-0.25, -0.2) is 0 Å². The van der Waals surface area contributed by atoms with Gasteiger partial charge in [0.2, 0.25) is 0 Å². The average Bonchev–Trinajstić information content (AvgIpc) is 2.74. The molecule has 0 N–H and O–H groups in total. The molecule has 2 aliphatic heterocycles. The molecule has 2 rings (SSSR count). The first-order valence-electron chi connectivity index (χ1n) is 3.98. The zero-order valence-corrected chi connectivity index (χ0v) is 18.6. The molecule has 0 aromatic rings. The molecule has 0 spiro atoms. The van der Waals surface area contributed by atoms with Crippen molar-refractivity contribution in [3.8, 4) is 0 Å². The zero-order valence-electron chi connectivity index (χ0n) is 8.14. The topological polar surface area (TPSA) is 9.23 Å². The van der Waals surface area contributed by atoms with Crippen LogP contribution in [0.3, 0.4) is 0 Å². The van der Waals surface area contributed by atoms with Gasteiger partial charge in [-0.3, -0.25) is 0 Å². The number of hydrogen-bond donors (Lipinski definition) is 4. The molecule has 16 heavy (non-hydrogen) atoms. The van der Waals surface area contributed by atoms with Gasteiger partial charge in [-0.2, -0.15) is 0 Å². The quantitative estimate of drug-likeness (QED) is 0.284. The SMILES string of the molecule is CO[Se]1(S)(S)(S)C=C[Se](S)C1=C1[Se]C=C[Se]1. The van der Waals surface area contributed by atoms with E-state index in [9.17, 15) is 0 Å². The maximum absolute atomic E-state index is 5.76. The molecule has 2 aliphatic rings. The van der Waals surface area contributed by atoms with Gasteiger partial charge in [-0.1, -0.05) is 0 Å². The molecule has 2 heterocycles. The third-order valence-electron chi connectivity index (χ3n) is 2.09. The van der Waals surface area contributed by atoms with Crippen molar-refractivity contribution in [2.75, 3.05) is 7.11 Å². The predicted octanol–water partition coefficient (Wildman–Crippen LogP) is 1.52. The molecular weight excluding hydrogens is 544 g/mol. The summed E-state index contributed by atoms with van der Waals surface area (Å²) in [5, 5.41) is 0. The molecule has 0 amide bonds. The van der Waals surface area contributed by atoms with E-state index in [0.29, 0.717) is 29.9 Å².